The average molecular weight is 418 g/mol. The minimum Gasteiger partial charge on any atom is -0.465 e. The molecule has 3 rings (SSSR count). The van der Waals surface area contributed by atoms with E-state index in [0.29, 0.717) is 21.8 Å². The molecular weight excluding hydrogens is 407 g/mol. The smallest absolute Gasteiger partial charge is 0.435 e. The SMILES string of the molecule is COC(=O)c1sc2cc(NC(=O)c3cc(C(F)(F)F)nn3C)ccc2c1Cl. The zero-order valence-electron chi connectivity index (χ0n) is 13.8. The number of halogens is 4. The lowest BCUT2D eigenvalue weighted by Crippen LogP contribution is -2.15. The first kappa shape index (κ1) is 19.2. The van der Waals surface area contributed by atoms with E-state index in [1.54, 1.807) is 12.1 Å². The van der Waals surface area contributed by atoms with Crippen LogP contribution in [0.1, 0.15) is 25.9 Å². The zero-order chi connectivity index (χ0) is 19.9. The van der Waals surface area contributed by atoms with Crippen molar-refractivity contribution in [3.05, 3.63) is 45.6 Å². The van der Waals surface area contributed by atoms with E-state index in [9.17, 15) is 22.8 Å². The number of benzene rings is 1. The third-order valence-corrected chi connectivity index (χ3v) is 5.30. The van der Waals surface area contributed by atoms with Gasteiger partial charge in [0.15, 0.2) is 5.69 Å². The van der Waals surface area contributed by atoms with Crippen molar-refractivity contribution in [1.29, 1.82) is 0 Å². The van der Waals surface area contributed by atoms with Gasteiger partial charge in [0, 0.05) is 28.9 Å². The van der Waals surface area contributed by atoms with Crippen molar-refractivity contribution in [3.8, 4) is 0 Å². The summed E-state index contributed by atoms with van der Waals surface area (Å²) in [6.45, 7) is 0. The van der Waals surface area contributed by atoms with Crippen LogP contribution >= 0.6 is 22.9 Å². The lowest BCUT2D eigenvalue weighted by molar-refractivity contribution is -0.141. The molecule has 0 saturated heterocycles. The highest BCUT2D eigenvalue weighted by molar-refractivity contribution is 7.21. The normalized spacial score (nSPS) is 11.6. The molecule has 0 spiro atoms. The highest BCUT2D eigenvalue weighted by Crippen LogP contribution is 2.37. The number of nitrogens with zero attached hydrogens (tertiary/aromatic N) is 2. The standard InChI is InChI=1S/C16H11ClF3N3O3S/c1-23-9(6-11(22-23)16(18,19)20)14(24)21-7-3-4-8-10(5-7)27-13(12(8)17)15(25)26-2/h3-6H,1-2H3,(H,21,24). The molecule has 11 heteroatoms. The Morgan fingerprint density at radius 1 is 1.30 bits per heavy atom. The first-order valence-corrected chi connectivity index (χ1v) is 8.54. The van der Waals surface area contributed by atoms with Gasteiger partial charge < -0.3 is 10.1 Å². The number of rotatable bonds is 3. The molecule has 6 nitrogen and oxygen atoms in total. The summed E-state index contributed by atoms with van der Waals surface area (Å²) in [7, 11) is 2.48. The fraction of sp³-hybridized carbons (Fsp3) is 0.188. The second-order valence-electron chi connectivity index (χ2n) is 5.44. The summed E-state index contributed by atoms with van der Waals surface area (Å²) in [6, 6.07) is 5.37. The number of methoxy groups -OCH3 is 1. The van der Waals surface area contributed by atoms with Gasteiger partial charge in [-0.05, 0) is 18.2 Å². The first-order chi connectivity index (χ1) is 12.6. The van der Waals surface area contributed by atoms with E-state index in [4.69, 9.17) is 11.6 Å². The molecular formula is C16H11ClF3N3O3S. The number of nitrogens with one attached hydrogen (secondary N) is 1. The number of fused-ring (bicyclic) bond motifs is 1. The first-order valence-electron chi connectivity index (χ1n) is 7.34. The van der Waals surface area contributed by atoms with E-state index in [1.165, 1.54) is 20.2 Å². The van der Waals surface area contributed by atoms with Crippen LogP contribution in [0.3, 0.4) is 0 Å². The predicted octanol–water partition coefficient (Wildman–Crippen LogP) is 4.35. The number of aryl methyl sites for hydroxylation is 1. The second kappa shape index (κ2) is 6.86. The molecule has 0 saturated carbocycles. The third kappa shape index (κ3) is 3.62. The number of carbonyl (C=O) groups excluding carboxylic acids is 2. The van der Waals surface area contributed by atoms with Gasteiger partial charge >= 0.3 is 12.1 Å². The molecule has 0 atom stereocenters. The maximum atomic E-state index is 12.7. The summed E-state index contributed by atoms with van der Waals surface area (Å²) < 4.78 is 44.3. The van der Waals surface area contributed by atoms with Gasteiger partial charge in [-0.2, -0.15) is 18.3 Å². The number of alkyl halides is 3. The van der Waals surface area contributed by atoms with E-state index in [2.05, 4.69) is 15.2 Å². The molecule has 1 aromatic carbocycles. The van der Waals surface area contributed by atoms with Gasteiger partial charge in [0.1, 0.15) is 10.6 Å². The summed E-state index contributed by atoms with van der Waals surface area (Å²) in [5, 5.41) is 6.64. The Morgan fingerprint density at radius 2 is 2.00 bits per heavy atom. The maximum absolute atomic E-state index is 12.7. The molecule has 0 radical (unpaired) electrons. The second-order valence-corrected chi connectivity index (χ2v) is 6.87. The topological polar surface area (TPSA) is 73.2 Å². The van der Waals surface area contributed by atoms with E-state index in [1.807, 2.05) is 0 Å². The van der Waals surface area contributed by atoms with Gasteiger partial charge in [0.05, 0.1) is 12.1 Å². The number of amides is 1. The molecule has 1 amide bonds. The number of anilines is 1. The largest absolute Gasteiger partial charge is 0.465 e. The zero-order valence-corrected chi connectivity index (χ0v) is 15.4. The number of thiophene rings is 1. The van der Waals surface area contributed by atoms with Crippen molar-refractivity contribution >= 4 is 50.6 Å². The van der Waals surface area contributed by atoms with Gasteiger partial charge in [-0.1, -0.05) is 11.6 Å². The van der Waals surface area contributed by atoms with Crippen LogP contribution in [0.15, 0.2) is 24.3 Å². The number of ether oxygens (including phenoxy) is 1. The van der Waals surface area contributed by atoms with E-state index >= 15 is 0 Å². The van der Waals surface area contributed by atoms with Crippen LogP contribution < -0.4 is 5.32 Å². The number of aromatic nitrogens is 2. The van der Waals surface area contributed by atoms with Gasteiger partial charge in [-0.25, -0.2) is 4.79 Å². The summed E-state index contributed by atoms with van der Waals surface area (Å²) >= 11 is 7.24. The molecule has 0 aliphatic carbocycles. The van der Waals surface area contributed by atoms with E-state index in [-0.39, 0.29) is 15.6 Å². The number of carbonyl (C=O) groups is 2. The van der Waals surface area contributed by atoms with Gasteiger partial charge in [-0.15, -0.1) is 11.3 Å². The van der Waals surface area contributed by atoms with E-state index in [0.717, 1.165) is 16.0 Å². The van der Waals surface area contributed by atoms with Crippen LogP contribution in [-0.4, -0.2) is 28.8 Å². The van der Waals surface area contributed by atoms with Crippen molar-refractivity contribution in [3.63, 3.8) is 0 Å². The van der Waals surface area contributed by atoms with Crippen LogP contribution in [0.25, 0.3) is 10.1 Å². The Morgan fingerprint density at radius 3 is 2.59 bits per heavy atom. The van der Waals surface area contributed by atoms with Crippen molar-refractivity contribution in [2.45, 2.75) is 6.18 Å². The fourth-order valence-electron chi connectivity index (χ4n) is 2.38. The minimum absolute atomic E-state index is 0.221. The van der Waals surface area contributed by atoms with Crippen LogP contribution in [0.2, 0.25) is 5.02 Å². The Balaban J connectivity index is 1.90. The molecule has 0 bridgehead atoms. The summed E-state index contributed by atoms with van der Waals surface area (Å²) in [6.07, 6.45) is -4.65. The Labute approximate surface area is 159 Å². The molecule has 1 N–H and O–H groups in total. The van der Waals surface area contributed by atoms with E-state index < -0.39 is 23.7 Å². The fourth-order valence-corrected chi connectivity index (χ4v) is 3.85. The van der Waals surface area contributed by atoms with Crippen molar-refractivity contribution < 1.29 is 27.5 Å². The third-order valence-electron chi connectivity index (χ3n) is 3.66. The van der Waals surface area contributed by atoms with Crippen LogP contribution in [0.5, 0.6) is 0 Å². The summed E-state index contributed by atoms with van der Waals surface area (Å²) in [5.41, 5.74) is -1.07. The summed E-state index contributed by atoms with van der Waals surface area (Å²) in [5.74, 6) is -1.34. The van der Waals surface area contributed by atoms with Crippen LogP contribution in [-0.2, 0) is 18.0 Å². The molecule has 0 unspecified atom stereocenters. The molecule has 0 fully saturated rings. The molecule has 2 aromatic heterocycles. The predicted molar refractivity (Wildman–Crippen MR) is 94.3 cm³/mol. The van der Waals surface area contributed by atoms with Crippen molar-refractivity contribution in [2.24, 2.45) is 7.05 Å². The van der Waals surface area contributed by atoms with Gasteiger partial charge in [0.2, 0.25) is 0 Å². The molecule has 3 aromatic rings. The monoisotopic (exact) mass is 417 g/mol. The molecule has 0 aliphatic heterocycles. The quantitative estimate of drug-likeness (QED) is 0.643. The maximum Gasteiger partial charge on any atom is 0.435 e. The molecule has 0 aliphatic rings. The number of hydrogen-bond acceptors (Lipinski definition) is 5. The van der Waals surface area contributed by atoms with Gasteiger partial charge in [-0.3, -0.25) is 9.48 Å². The summed E-state index contributed by atoms with van der Waals surface area (Å²) in [4.78, 5) is 24.2. The molecule has 27 heavy (non-hydrogen) atoms. The Bertz CT molecular complexity index is 1060. The average Bonchev–Trinajstić information content (AvgIpc) is 3.14. The number of hydrogen-bond donors (Lipinski definition) is 1. The number of esters is 1. The lowest BCUT2D eigenvalue weighted by Gasteiger charge is -2.05. The van der Waals surface area contributed by atoms with Crippen molar-refractivity contribution in [1.82, 2.24) is 9.78 Å². The van der Waals surface area contributed by atoms with Crippen LogP contribution in [0, 0.1) is 0 Å². The van der Waals surface area contributed by atoms with Crippen molar-refractivity contribution in [2.75, 3.05) is 12.4 Å². The Kier molecular flexibility index (Phi) is 4.87. The highest BCUT2D eigenvalue weighted by Gasteiger charge is 2.35. The minimum atomic E-state index is -4.65. The van der Waals surface area contributed by atoms with Crippen LogP contribution in [0.4, 0.5) is 18.9 Å². The highest BCUT2D eigenvalue weighted by atomic mass is 35.5. The molecule has 2 heterocycles. The Hall–Kier alpha value is -2.59. The van der Waals surface area contributed by atoms with Gasteiger partial charge in [0.25, 0.3) is 5.91 Å². The lowest BCUT2D eigenvalue weighted by atomic mass is 10.2. The molecule has 142 valence electrons.